The molecular weight excluding hydrogens is 260 g/mol. The second-order valence-electron chi connectivity index (χ2n) is 6.11. The van der Waals surface area contributed by atoms with Gasteiger partial charge < -0.3 is 10.4 Å². The van der Waals surface area contributed by atoms with E-state index in [-0.39, 0.29) is 0 Å². The SMILES string of the molecule is OCC1CCCCC1CNCc1cccc2cccnc12. The van der Waals surface area contributed by atoms with Crippen LogP contribution < -0.4 is 5.32 Å². The average Bonchev–Trinajstić information content (AvgIpc) is 2.55. The van der Waals surface area contributed by atoms with Crippen LogP contribution in [0, 0.1) is 11.8 Å². The van der Waals surface area contributed by atoms with E-state index in [4.69, 9.17) is 0 Å². The Morgan fingerprint density at radius 3 is 2.76 bits per heavy atom. The Labute approximate surface area is 126 Å². The molecule has 1 aromatic carbocycles. The Morgan fingerprint density at radius 1 is 1.10 bits per heavy atom. The molecule has 0 radical (unpaired) electrons. The average molecular weight is 284 g/mol. The van der Waals surface area contributed by atoms with Crippen LogP contribution >= 0.6 is 0 Å². The highest BCUT2D eigenvalue weighted by molar-refractivity contribution is 5.81. The smallest absolute Gasteiger partial charge is 0.0746 e. The molecule has 3 nitrogen and oxygen atoms in total. The van der Waals surface area contributed by atoms with Gasteiger partial charge in [-0.2, -0.15) is 0 Å². The zero-order valence-corrected chi connectivity index (χ0v) is 12.5. The van der Waals surface area contributed by atoms with E-state index in [0.29, 0.717) is 18.4 Å². The largest absolute Gasteiger partial charge is 0.396 e. The standard InChI is InChI=1S/C18H24N2O/c21-13-17-6-2-1-5-15(17)11-19-12-16-8-3-7-14-9-4-10-20-18(14)16/h3-4,7-10,15,17,19,21H,1-2,5-6,11-13H2. The maximum atomic E-state index is 9.48. The van der Waals surface area contributed by atoms with Gasteiger partial charge in [0.25, 0.3) is 0 Å². The van der Waals surface area contributed by atoms with Crippen molar-refractivity contribution in [2.24, 2.45) is 11.8 Å². The number of para-hydroxylation sites is 1. The number of hydrogen-bond acceptors (Lipinski definition) is 3. The van der Waals surface area contributed by atoms with E-state index in [1.807, 2.05) is 12.3 Å². The summed E-state index contributed by atoms with van der Waals surface area (Å²) in [4.78, 5) is 4.50. The number of nitrogens with zero attached hydrogens (tertiary/aromatic N) is 1. The molecular formula is C18H24N2O. The lowest BCUT2D eigenvalue weighted by Crippen LogP contribution is -2.32. The second kappa shape index (κ2) is 7.01. The Bertz CT molecular complexity index is 579. The molecule has 1 heterocycles. The molecule has 2 aromatic rings. The first-order valence-corrected chi connectivity index (χ1v) is 8.02. The monoisotopic (exact) mass is 284 g/mol. The number of aliphatic hydroxyl groups is 1. The van der Waals surface area contributed by atoms with Crippen LogP contribution in [0.2, 0.25) is 0 Å². The van der Waals surface area contributed by atoms with Crippen molar-refractivity contribution in [1.29, 1.82) is 0 Å². The highest BCUT2D eigenvalue weighted by Crippen LogP contribution is 2.29. The zero-order valence-electron chi connectivity index (χ0n) is 12.5. The Hall–Kier alpha value is -1.45. The summed E-state index contributed by atoms with van der Waals surface area (Å²) in [6, 6.07) is 10.4. The fraction of sp³-hybridized carbons (Fsp3) is 0.500. The van der Waals surface area contributed by atoms with Gasteiger partial charge in [-0.25, -0.2) is 0 Å². The summed E-state index contributed by atoms with van der Waals surface area (Å²) < 4.78 is 0. The van der Waals surface area contributed by atoms with Crippen LogP contribution in [-0.4, -0.2) is 23.2 Å². The number of pyridine rings is 1. The van der Waals surface area contributed by atoms with Gasteiger partial charge in [0, 0.05) is 24.7 Å². The number of benzene rings is 1. The number of hydrogen-bond donors (Lipinski definition) is 2. The summed E-state index contributed by atoms with van der Waals surface area (Å²) in [5.74, 6) is 1.10. The van der Waals surface area contributed by atoms with Gasteiger partial charge in [0.1, 0.15) is 0 Å². The molecule has 1 saturated carbocycles. The van der Waals surface area contributed by atoms with E-state index in [0.717, 1.165) is 18.6 Å². The van der Waals surface area contributed by atoms with E-state index >= 15 is 0 Å². The van der Waals surface area contributed by atoms with Crippen LogP contribution in [0.4, 0.5) is 0 Å². The molecule has 3 heteroatoms. The molecule has 0 amide bonds. The van der Waals surface area contributed by atoms with Crippen molar-refractivity contribution in [2.45, 2.75) is 32.2 Å². The van der Waals surface area contributed by atoms with Crippen molar-refractivity contribution >= 4 is 10.9 Å². The Balaban J connectivity index is 1.61. The summed E-state index contributed by atoms with van der Waals surface area (Å²) in [7, 11) is 0. The summed E-state index contributed by atoms with van der Waals surface area (Å²) in [5, 5.41) is 14.3. The maximum absolute atomic E-state index is 9.48. The Morgan fingerprint density at radius 2 is 1.90 bits per heavy atom. The summed E-state index contributed by atoms with van der Waals surface area (Å²) in [6.45, 7) is 2.18. The van der Waals surface area contributed by atoms with Crippen molar-refractivity contribution in [2.75, 3.05) is 13.2 Å². The molecule has 3 rings (SSSR count). The van der Waals surface area contributed by atoms with Gasteiger partial charge in [-0.1, -0.05) is 37.1 Å². The molecule has 1 aliphatic carbocycles. The maximum Gasteiger partial charge on any atom is 0.0746 e. The lowest BCUT2D eigenvalue weighted by molar-refractivity contribution is 0.133. The summed E-state index contributed by atoms with van der Waals surface area (Å²) >= 11 is 0. The van der Waals surface area contributed by atoms with Crippen molar-refractivity contribution in [3.8, 4) is 0 Å². The van der Waals surface area contributed by atoms with Crippen LogP contribution in [0.1, 0.15) is 31.2 Å². The lowest BCUT2D eigenvalue weighted by atomic mass is 9.79. The summed E-state index contributed by atoms with van der Waals surface area (Å²) in [5.41, 5.74) is 2.35. The molecule has 21 heavy (non-hydrogen) atoms. The van der Waals surface area contributed by atoms with Gasteiger partial charge in [0.05, 0.1) is 5.52 Å². The second-order valence-corrected chi connectivity index (χ2v) is 6.11. The topological polar surface area (TPSA) is 45.1 Å². The number of aliphatic hydroxyl groups excluding tert-OH is 1. The van der Waals surface area contributed by atoms with E-state index in [1.54, 1.807) is 0 Å². The molecule has 1 aliphatic rings. The quantitative estimate of drug-likeness (QED) is 0.886. The molecule has 2 N–H and O–H groups in total. The predicted molar refractivity (Wildman–Crippen MR) is 86.0 cm³/mol. The molecule has 2 unspecified atom stereocenters. The first-order valence-electron chi connectivity index (χ1n) is 8.02. The fourth-order valence-electron chi connectivity index (χ4n) is 3.50. The predicted octanol–water partition coefficient (Wildman–Crippen LogP) is 3.12. The van der Waals surface area contributed by atoms with Gasteiger partial charge >= 0.3 is 0 Å². The minimum atomic E-state index is 0.335. The zero-order chi connectivity index (χ0) is 14.5. The van der Waals surface area contributed by atoms with Crippen LogP contribution in [0.3, 0.4) is 0 Å². The molecule has 2 atom stereocenters. The molecule has 0 aliphatic heterocycles. The van der Waals surface area contributed by atoms with Crippen molar-refractivity contribution in [3.63, 3.8) is 0 Å². The normalized spacial score (nSPS) is 22.5. The minimum Gasteiger partial charge on any atom is -0.396 e. The molecule has 1 fully saturated rings. The molecule has 0 bridgehead atoms. The van der Waals surface area contributed by atoms with E-state index in [2.05, 4.69) is 34.6 Å². The highest BCUT2D eigenvalue weighted by Gasteiger charge is 2.23. The fourth-order valence-corrected chi connectivity index (χ4v) is 3.50. The van der Waals surface area contributed by atoms with Gasteiger partial charge in [0.15, 0.2) is 0 Å². The van der Waals surface area contributed by atoms with Crippen molar-refractivity contribution < 1.29 is 5.11 Å². The van der Waals surface area contributed by atoms with Crippen LogP contribution in [0.5, 0.6) is 0 Å². The van der Waals surface area contributed by atoms with E-state index < -0.39 is 0 Å². The van der Waals surface area contributed by atoms with E-state index in [1.165, 1.54) is 36.6 Å². The number of nitrogens with one attached hydrogen (secondary N) is 1. The Kier molecular flexibility index (Phi) is 4.84. The third-order valence-corrected chi connectivity index (χ3v) is 4.74. The minimum absolute atomic E-state index is 0.335. The molecule has 112 valence electrons. The third-order valence-electron chi connectivity index (χ3n) is 4.74. The first-order chi connectivity index (χ1) is 10.4. The first kappa shape index (κ1) is 14.5. The molecule has 1 aromatic heterocycles. The third kappa shape index (κ3) is 3.42. The van der Waals surface area contributed by atoms with Crippen molar-refractivity contribution in [1.82, 2.24) is 10.3 Å². The number of fused-ring (bicyclic) bond motifs is 1. The number of rotatable bonds is 5. The lowest BCUT2D eigenvalue weighted by Gasteiger charge is -2.30. The number of aromatic nitrogens is 1. The summed E-state index contributed by atoms with van der Waals surface area (Å²) in [6.07, 6.45) is 6.85. The van der Waals surface area contributed by atoms with Crippen molar-refractivity contribution in [3.05, 3.63) is 42.1 Å². The highest BCUT2D eigenvalue weighted by atomic mass is 16.3. The van der Waals surface area contributed by atoms with Gasteiger partial charge in [-0.15, -0.1) is 0 Å². The van der Waals surface area contributed by atoms with Crippen LogP contribution in [0.25, 0.3) is 10.9 Å². The van der Waals surface area contributed by atoms with Gasteiger partial charge in [0.2, 0.25) is 0 Å². The molecule has 0 spiro atoms. The van der Waals surface area contributed by atoms with Crippen LogP contribution in [0.15, 0.2) is 36.5 Å². The van der Waals surface area contributed by atoms with Crippen LogP contribution in [-0.2, 0) is 6.54 Å². The van der Waals surface area contributed by atoms with Gasteiger partial charge in [-0.05, 0) is 42.9 Å². The molecule has 0 saturated heterocycles. The van der Waals surface area contributed by atoms with Gasteiger partial charge in [-0.3, -0.25) is 4.98 Å². The van der Waals surface area contributed by atoms with E-state index in [9.17, 15) is 5.11 Å².